The molecule has 0 spiro atoms. The predicted molar refractivity (Wildman–Crippen MR) is 74.9 cm³/mol. The fourth-order valence-electron chi connectivity index (χ4n) is 1.92. The number of aromatic nitrogens is 1. The second kappa shape index (κ2) is 5.87. The van der Waals surface area contributed by atoms with Gasteiger partial charge < -0.3 is 14.6 Å². The molecule has 4 nitrogen and oxygen atoms in total. The summed E-state index contributed by atoms with van der Waals surface area (Å²) in [5.74, 6) is 0.902. The Labute approximate surface area is 108 Å². The van der Waals surface area contributed by atoms with Gasteiger partial charge in [-0.1, -0.05) is 6.92 Å². The molecular formula is C14H21N3O. The Morgan fingerprint density at radius 2 is 2.28 bits per heavy atom. The number of furan rings is 1. The molecule has 0 fully saturated rings. The highest BCUT2D eigenvalue weighted by Crippen LogP contribution is 2.21. The van der Waals surface area contributed by atoms with Gasteiger partial charge in [0.1, 0.15) is 11.4 Å². The molecule has 4 heteroatoms. The fourth-order valence-corrected chi connectivity index (χ4v) is 1.92. The summed E-state index contributed by atoms with van der Waals surface area (Å²) in [7, 11) is 2.15. The van der Waals surface area contributed by atoms with Crippen molar-refractivity contribution >= 4 is 16.8 Å². The van der Waals surface area contributed by atoms with Crippen LogP contribution in [0.5, 0.6) is 0 Å². The van der Waals surface area contributed by atoms with Crippen LogP contribution in [-0.4, -0.2) is 36.1 Å². The Morgan fingerprint density at radius 1 is 1.44 bits per heavy atom. The number of nitrogens with one attached hydrogen (secondary N) is 1. The van der Waals surface area contributed by atoms with Crippen LogP contribution in [0, 0.1) is 0 Å². The lowest BCUT2D eigenvalue weighted by Gasteiger charge is -2.23. The van der Waals surface area contributed by atoms with Crippen LogP contribution >= 0.6 is 0 Å². The minimum Gasteiger partial charge on any atom is -0.464 e. The van der Waals surface area contributed by atoms with Gasteiger partial charge in [-0.3, -0.25) is 0 Å². The second-order valence-corrected chi connectivity index (χ2v) is 4.66. The quantitative estimate of drug-likeness (QED) is 0.852. The molecule has 18 heavy (non-hydrogen) atoms. The van der Waals surface area contributed by atoms with Gasteiger partial charge in [0.25, 0.3) is 0 Å². The molecule has 0 amide bonds. The van der Waals surface area contributed by atoms with E-state index in [0.29, 0.717) is 6.04 Å². The molecule has 2 rings (SSSR count). The van der Waals surface area contributed by atoms with Gasteiger partial charge in [0, 0.05) is 25.3 Å². The Bertz CT molecular complexity index is 494. The Kier molecular flexibility index (Phi) is 4.20. The lowest BCUT2D eigenvalue weighted by atomic mass is 10.2. The smallest absolute Gasteiger partial charge is 0.139 e. The number of anilines is 1. The molecule has 2 heterocycles. The van der Waals surface area contributed by atoms with Crippen molar-refractivity contribution in [2.45, 2.75) is 26.3 Å². The fraction of sp³-hybridized carbons (Fsp3) is 0.500. The molecule has 0 saturated heterocycles. The van der Waals surface area contributed by atoms with Gasteiger partial charge in [0.05, 0.1) is 11.6 Å². The Balaban J connectivity index is 1.92. The van der Waals surface area contributed by atoms with Crippen LogP contribution in [0.4, 0.5) is 5.82 Å². The third-order valence-corrected chi connectivity index (χ3v) is 3.48. The van der Waals surface area contributed by atoms with Crippen LogP contribution < -0.4 is 5.32 Å². The minimum atomic E-state index is 0.615. The summed E-state index contributed by atoms with van der Waals surface area (Å²) >= 11 is 0. The molecular weight excluding hydrogens is 226 g/mol. The molecule has 0 bridgehead atoms. The first-order chi connectivity index (χ1) is 8.72. The van der Waals surface area contributed by atoms with E-state index in [9.17, 15) is 0 Å². The zero-order valence-corrected chi connectivity index (χ0v) is 11.3. The van der Waals surface area contributed by atoms with Gasteiger partial charge in [-0.2, -0.15) is 0 Å². The van der Waals surface area contributed by atoms with E-state index in [-0.39, 0.29) is 0 Å². The van der Waals surface area contributed by atoms with E-state index in [2.05, 4.69) is 36.1 Å². The normalized spacial score (nSPS) is 13.1. The highest BCUT2D eigenvalue weighted by molar-refractivity contribution is 5.87. The molecule has 0 aliphatic carbocycles. The number of fused-ring (bicyclic) bond motifs is 1. The Morgan fingerprint density at radius 3 is 3.06 bits per heavy atom. The number of hydrogen-bond acceptors (Lipinski definition) is 4. The van der Waals surface area contributed by atoms with E-state index in [1.165, 1.54) is 6.42 Å². The Hall–Kier alpha value is -1.55. The van der Waals surface area contributed by atoms with Crippen molar-refractivity contribution in [3.8, 4) is 0 Å². The number of pyridine rings is 1. The van der Waals surface area contributed by atoms with Crippen molar-refractivity contribution in [2.24, 2.45) is 0 Å². The molecule has 1 unspecified atom stereocenters. The van der Waals surface area contributed by atoms with Crippen molar-refractivity contribution < 1.29 is 4.42 Å². The molecule has 0 aromatic carbocycles. The van der Waals surface area contributed by atoms with Crippen molar-refractivity contribution in [1.82, 2.24) is 9.88 Å². The van der Waals surface area contributed by atoms with E-state index >= 15 is 0 Å². The molecule has 2 aromatic rings. The summed E-state index contributed by atoms with van der Waals surface area (Å²) in [4.78, 5) is 6.70. The molecule has 0 saturated carbocycles. The van der Waals surface area contributed by atoms with E-state index in [0.717, 1.165) is 29.9 Å². The molecule has 0 radical (unpaired) electrons. The van der Waals surface area contributed by atoms with Crippen molar-refractivity contribution in [3.63, 3.8) is 0 Å². The van der Waals surface area contributed by atoms with Crippen LogP contribution in [0.15, 0.2) is 29.0 Å². The zero-order chi connectivity index (χ0) is 13.0. The number of likely N-dealkylation sites (N-methyl/N-ethyl adjacent to an activating group) is 1. The average molecular weight is 247 g/mol. The molecule has 1 N–H and O–H groups in total. The van der Waals surface area contributed by atoms with E-state index < -0.39 is 0 Å². The number of rotatable bonds is 6. The summed E-state index contributed by atoms with van der Waals surface area (Å²) in [6.07, 6.45) is 4.64. The molecule has 0 aliphatic rings. The van der Waals surface area contributed by atoms with Gasteiger partial charge in [0.15, 0.2) is 0 Å². The lowest BCUT2D eigenvalue weighted by molar-refractivity contribution is 0.261. The molecule has 0 aliphatic heterocycles. The van der Waals surface area contributed by atoms with Crippen LogP contribution in [0.1, 0.15) is 20.3 Å². The molecule has 98 valence electrons. The lowest BCUT2D eigenvalue weighted by Crippen LogP contribution is -2.32. The maximum Gasteiger partial charge on any atom is 0.139 e. The van der Waals surface area contributed by atoms with Crippen molar-refractivity contribution in [2.75, 3.05) is 25.5 Å². The van der Waals surface area contributed by atoms with Crippen molar-refractivity contribution in [3.05, 3.63) is 24.6 Å². The molecule has 1 atom stereocenters. The van der Waals surface area contributed by atoms with E-state index in [1.54, 1.807) is 12.5 Å². The third-order valence-electron chi connectivity index (χ3n) is 3.48. The molecule has 2 aromatic heterocycles. The van der Waals surface area contributed by atoms with Crippen molar-refractivity contribution in [1.29, 1.82) is 0 Å². The second-order valence-electron chi connectivity index (χ2n) is 4.66. The SMILES string of the molecule is CCC(C)N(C)CCNc1nccc2occc12. The first-order valence-electron chi connectivity index (χ1n) is 6.48. The van der Waals surface area contributed by atoms with Gasteiger partial charge in [0.2, 0.25) is 0 Å². The highest BCUT2D eigenvalue weighted by Gasteiger charge is 2.07. The van der Waals surface area contributed by atoms with Gasteiger partial charge in [-0.15, -0.1) is 0 Å². The highest BCUT2D eigenvalue weighted by atomic mass is 16.3. The predicted octanol–water partition coefficient (Wildman–Crippen LogP) is 2.97. The van der Waals surface area contributed by atoms with E-state index in [1.807, 2.05) is 12.1 Å². The van der Waals surface area contributed by atoms with Gasteiger partial charge >= 0.3 is 0 Å². The van der Waals surface area contributed by atoms with Gasteiger partial charge in [-0.25, -0.2) is 4.98 Å². The first kappa shape index (κ1) is 12.9. The average Bonchev–Trinajstić information content (AvgIpc) is 2.86. The topological polar surface area (TPSA) is 41.3 Å². The van der Waals surface area contributed by atoms with Crippen LogP contribution in [0.25, 0.3) is 11.0 Å². The zero-order valence-electron chi connectivity index (χ0n) is 11.3. The summed E-state index contributed by atoms with van der Waals surface area (Å²) in [5.41, 5.74) is 0.878. The number of nitrogens with zero attached hydrogens (tertiary/aromatic N) is 2. The summed E-state index contributed by atoms with van der Waals surface area (Å²) in [5, 5.41) is 4.42. The van der Waals surface area contributed by atoms with Crippen LogP contribution in [0.3, 0.4) is 0 Å². The maximum absolute atomic E-state index is 5.35. The standard InChI is InChI=1S/C14H21N3O/c1-4-11(2)17(3)9-8-16-14-12-6-10-18-13(12)5-7-15-14/h5-7,10-11H,4,8-9H2,1-3H3,(H,15,16). The monoisotopic (exact) mass is 247 g/mol. The summed E-state index contributed by atoms with van der Waals surface area (Å²) in [6.45, 7) is 6.35. The first-order valence-corrected chi connectivity index (χ1v) is 6.48. The van der Waals surface area contributed by atoms with Crippen LogP contribution in [0.2, 0.25) is 0 Å². The summed E-state index contributed by atoms with van der Waals surface area (Å²) in [6, 6.07) is 4.44. The summed E-state index contributed by atoms with van der Waals surface area (Å²) < 4.78 is 5.35. The third kappa shape index (κ3) is 2.82. The maximum atomic E-state index is 5.35. The van der Waals surface area contributed by atoms with E-state index in [4.69, 9.17) is 4.42 Å². The number of hydrogen-bond donors (Lipinski definition) is 1. The largest absolute Gasteiger partial charge is 0.464 e. The minimum absolute atomic E-state index is 0.615. The van der Waals surface area contributed by atoms with Crippen LogP contribution in [-0.2, 0) is 0 Å². The van der Waals surface area contributed by atoms with Gasteiger partial charge in [-0.05, 0) is 32.5 Å².